The number of benzene rings is 1. The van der Waals surface area contributed by atoms with E-state index in [0.717, 1.165) is 46.1 Å². The molecule has 0 atom stereocenters. The topological polar surface area (TPSA) is 93.3 Å². The fraction of sp³-hybridized carbons (Fsp3) is 0.259. The molecular weight excluding hydrogens is 410 g/mol. The third-order valence-corrected chi connectivity index (χ3v) is 5.99. The van der Waals surface area contributed by atoms with Crippen LogP contribution in [0.4, 0.5) is 0 Å². The van der Waals surface area contributed by atoms with Gasteiger partial charge in [0.1, 0.15) is 5.69 Å². The Hall–Kier alpha value is -3.80. The molecule has 0 spiro atoms. The van der Waals surface area contributed by atoms with Crippen LogP contribution < -0.4 is 11.1 Å². The Balaban J connectivity index is 1.59. The number of carbonyl (C=O) groups excluding carboxylic acids is 1. The van der Waals surface area contributed by atoms with Crippen LogP contribution in [0.15, 0.2) is 72.6 Å². The summed E-state index contributed by atoms with van der Waals surface area (Å²) in [5.74, 6) is -0.0957. The number of fused-ring (bicyclic) bond motifs is 1. The fourth-order valence-corrected chi connectivity index (χ4v) is 4.26. The number of rotatable bonds is 7. The van der Waals surface area contributed by atoms with Crippen LogP contribution in [0.25, 0.3) is 16.5 Å². The van der Waals surface area contributed by atoms with Crippen molar-refractivity contribution >= 4 is 28.6 Å². The number of aromatic nitrogens is 2. The normalized spacial score (nSPS) is 15.1. The Labute approximate surface area is 194 Å². The maximum atomic E-state index is 13.0. The van der Waals surface area contributed by atoms with E-state index < -0.39 is 0 Å². The number of nitrogens with zero attached hydrogens (tertiary/aromatic N) is 3. The van der Waals surface area contributed by atoms with Gasteiger partial charge in [0.25, 0.3) is 5.91 Å². The Morgan fingerprint density at radius 3 is 2.70 bits per heavy atom. The average Bonchev–Trinajstić information content (AvgIpc) is 2.86. The number of amides is 1. The van der Waals surface area contributed by atoms with Gasteiger partial charge < -0.3 is 11.1 Å². The lowest BCUT2D eigenvalue weighted by atomic mass is 9.95. The molecule has 2 aromatic heterocycles. The Morgan fingerprint density at radius 1 is 1.15 bits per heavy atom. The number of allylic oxidation sites excluding steroid dienone is 1. The zero-order valence-electron chi connectivity index (χ0n) is 18.7. The van der Waals surface area contributed by atoms with Gasteiger partial charge in [-0.2, -0.15) is 0 Å². The van der Waals surface area contributed by atoms with Gasteiger partial charge in [-0.1, -0.05) is 50.1 Å². The van der Waals surface area contributed by atoms with Crippen LogP contribution >= 0.6 is 0 Å². The summed E-state index contributed by atoms with van der Waals surface area (Å²) in [5.41, 5.74) is 10.5. The van der Waals surface area contributed by atoms with Crippen molar-refractivity contribution in [2.45, 2.75) is 44.6 Å². The summed E-state index contributed by atoms with van der Waals surface area (Å²) < 4.78 is 0. The van der Waals surface area contributed by atoms with Crippen molar-refractivity contribution in [3.63, 3.8) is 0 Å². The standard InChI is InChI=1S/C27H29N5O/c1-2-29-18-21(16-28)24-13-12-19(17-30-24)14-20-15-26(32-25-11-7-6-10-23(20)25)27(33)31-22-8-4-3-5-9-22/h2,6-7,10-13,15-18,22H,1,3-5,8-9,14,28H2,(H,31,33)/b21-16+,29-18-. The first-order valence-corrected chi connectivity index (χ1v) is 11.4. The van der Waals surface area contributed by atoms with E-state index in [1.807, 2.05) is 48.7 Å². The molecule has 1 saturated carbocycles. The van der Waals surface area contributed by atoms with E-state index in [4.69, 9.17) is 5.73 Å². The van der Waals surface area contributed by atoms with Gasteiger partial charge in [-0.05, 0) is 48.6 Å². The van der Waals surface area contributed by atoms with Gasteiger partial charge in [-0.3, -0.25) is 14.8 Å². The molecule has 1 fully saturated rings. The fourth-order valence-electron chi connectivity index (χ4n) is 4.26. The number of aliphatic imine (C=N–C) groups is 1. The molecule has 6 nitrogen and oxygen atoms in total. The highest BCUT2D eigenvalue weighted by Crippen LogP contribution is 2.23. The van der Waals surface area contributed by atoms with Gasteiger partial charge in [-0.15, -0.1) is 0 Å². The van der Waals surface area contributed by atoms with Crippen LogP contribution in [-0.2, 0) is 6.42 Å². The number of hydrogen-bond donors (Lipinski definition) is 2. The van der Waals surface area contributed by atoms with E-state index in [-0.39, 0.29) is 11.9 Å². The molecule has 0 unspecified atom stereocenters. The molecular formula is C27H29N5O. The molecule has 1 amide bonds. The molecule has 33 heavy (non-hydrogen) atoms. The van der Waals surface area contributed by atoms with Crippen molar-refractivity contribution in [2.24, 2.45) is 10.7 Å². The van der Waals surface area contributed by atoms with E-state index in [0.29, 0.717) is 12.1 Å². The third-order valence-electron chi connectivity index (χ3n) is 5.99. The molecule has 1 aliphatic carbocycles. The summed E-state index contributed by atoms with van der Waals surface area (Å²) in [7, 11) is 0. The predicted octanol–water partition coefficient (Wildman–Crippen LogP) is 4.80. The number of para-hydroxylation sites is 1. The summed E-state index contributed by atoms with van der Waals surface area (Å²) >= 11 is 0. The van der Waals surface area contributed by atoms with Gasteiger partial charge in [0.2, 0.25) is 0 Å². The summed E-state index contributed by atoms with van der Waals surface area (Å²) in [6.07, 6.45) is 12.7. The quantitative estimate of drug-likeness (QED) is 0.517. The summed E-state index contributed by atoms with van der Waals surface area (Å²) in [5, 5.41) is 4.22. The average molecular weight is 440 g/mol. The summed E-state index contributed by atoms with van der Waals surface area (Å²) in [6.45, 7) is 3.58. The van der Waals surface area contributed by atoms with Crippen molar-refractivity contribution < 1.29 is 4.79 Å². The second-order valence-electron chi connectivity index (χ2n) is 8.30. The monoisotopic (exact) mass is 439 g/mol. The molecule has 3 N–H and O–H groups in total. The predicted molar refractivity (Wildman–Crippen MR) is 134 cm³/mol. The van der Waals surface area contributed by atoms with Gasteiger partial charge >= 0.3 is 0 Å². The largest absolute Gasteiger partial charge is 0.404 e. The Morgan fingerprint density at radius 2 is 1.97 bits per heavy atom. The Kier molecular flexibility index (Phi) is 7.25. The van der Waals surface area contributed by atoms with E-state index in [1.165, 1.54) is 31.7 Å². The molecule has 4 rings (SSSR count). The Bertz CT molecular complexity index is 1190. The minimum absolute atomic E-state index is 0.0957. The summed E-state index contributed by atoms with van der Waals surface area (Å²) in [4.78, 5) is 26.2. The second kappa shape index (κ2) is 10.7. The molecule has 168 valence electrons. The lowest BCUT2D eigenvalue weighted by molar-refractivity contribution is 0.0923. The van der Waals surface area contributed by atoms with E-state index >= 15 is 0 Å². The van der Waals surface area contributed by atoms with Crippen molar-refractivity contribution in [3.8, 4) is 0 Å². The van der Waals surface area contributed by atoms with Gasteiger partial charge in [0, 0.05) is 41.8 Å². The van der Waals surface area contributed by atoms with Crippen LogP contribution in [0.2, 0.25) is 0 Å². The molecule has 3 aromatic rings. The lowest BCUT2D eigenvalue weighted by Crippen LogP contribution is -2.36. The number of nitrogens with two attached hydrogens (primary N) is 1. The third kappa shape index (κ3) is 5.52. The minimum atomic E-state index is -0.0957. The highest BCUT2D eigenvalue weighted by atomic mass is 16.1. The SMILES string of the molecule is C=C/N=C\C(=C/N)c1ccc(Cc2cc(C(=O)NC3CCCCC3)nc3ccccc23)cn1. The molecule has 0 aliphatic heterocycles. The number of nitrogens with one attached hydrogen (secondary N) is 1. The molecule has 2 heterocycles. The van der Waals surface area contributed by atoms with Gasteiger partial charge in [0.05, 0.1) is 11.2 Å². The van der Waals surface area contributed by atoms with Crippen molar-refractivity contribution in [1.29, 1.82) is 0 Å². The zero-order valence-corrected chi connectivity index (χ0v) is 18.7. The van der Waals surface area contributed by atoms with E-state index in [9.17, 15) is 4.79 Å². The maximum Gasteiger partial charge on any atom is 0.270 e. The van der Waals surface area contributed by atoms with Gasteiger partial charge in [0.15, 0.2) is 0 Å². The minimum Gasteiger partial charge on any atom is -0.404 e. The summed E-state index contributed by atoms with van der Waals surface area (Å²) in [6, 6.07) is 14.0. The zero-order chi connectivity index (χ0) is 23.0. The smallest absolute Gasteiger partial charge is 0.270 e. The molecule has 0 saturated heterocycles. The first-order chi connectivity index (χ1) is 16.2. The molecule has 0 bridgehead atoms. The van der Waals surface area contributed by atoms with Crippen LogP contribution in [0, 0.1) is 0 Å². The maximum absolute atomic E-state index is 13.0. The molecule has 6 heteroatoms. The molecule has 1 aliphatic rings. The van der Waals surface area contributed by atoms with Crippen LogP contribution in [0.5, 0.6) is 0 Å². The van der Waals surface area contributed by atoms with Crippen LogP contribution in [0.3, 0.4) is 0 Å². The number of carbonyl (C=O) groups is 1. The lowest BCUT2D eigenvalue weighted by Gasteiger charge is -2.22. The van der Waals surface area contributed by atoms with Gasteiger partial charge in [-0.25, -0.2) is 4.98 Å². The van der Waals surface area contributed by atoms with Crippen molar-refractivity contribution in [3.05, 3.63) is 90.2 Å². The number of pyridine rings is 2. The highest BCUT2D eigenvalue weighted by molar-refractivity contribution is 6.09. The first kappa shape index (κ1) is 22.4. The number of hydrogen-bond acceptors (Lipinski definition) is 5. The molecule has 1 aromatic carbocycles. The van der Waals surface area contributed by atoms with Crippen molar-refractivity contribution in [1.82, 2.24) is 15.3 Å². The molecule has 0 radical (unpaired) electrons. The van der Waals surface area contributed by atoms with E-state index in [2.05, 4.69) is 26.9 Å². The van der Waals surface area contributed by atoms with Crippen molar-refractivity contribution in [2.75, 3.05) is 0 Å². The highest BCUT2D eigenvalue weighted by Gasteiger charge is 2.19. The van der Waals surface area contributed by atoms with Crippen LogP contribution in [0.1, 0.15) is 59.4 Å². The first-order valence-electron chi connectivity index (χ1n) is 11.4. The van der Waals surface area contributed by atoms with E-state index in [1.54, 1.807) is 6.21 Å². The van der Waals surface area contributed by atoms with Crippen LogP contribution in [-0.4, -0.2) is 28.1 Å². The second-order valence-corrected chi connectivity index (χ2v) is 8.30.